The van der Waals surface area contributed by atoms with Gasteiger partial charge in [0.05, 0.1) is 28.7 Å². The summed E-state index contributed by atoms with van der Waals surface area (Å²) < 4.78 is 12.6. The zero-order valence-corrected chi connectivity index (χ0v) is 42.6. The number of aliphatic carboxylic acids is 1. The summed E-state index contributed by atoms with van der Waals surface area (Å²) in [7, 11) is 0. The van der Waals surface area contributed by atoms with Gasteiger partial charge in [0.15, 0.2) is 11.6 Å². The lowest BCUT2D eigenvalue weighted by Crippen LogP contribution is -2.23. The lowest BCUT2D eigenvalue weighted by Gasteiger charge is -2.25. The number of carbonyl (C=O) groups is 2. The van der Waals surface area contributed by atoms with Gasteiger partial charge < -0.3 is 30.4 Å². The van der Waals surface area contributed by atoms with E-state index in [9.17, 15) is 14.7 Å². The van der Waals surface area contributed by atoms with Gasteiger partial charge in [-0.05, 0) is 97.7 Å². The highest BCUT2D eigenvalue weighted by Crippen LogP contribution is 2.39. The van der Waals surface area contributed by atoms with Gasteiger partial charge in [-0.1, -0.05) is 60.7 Å². The second-order valence-electron chi connectivity index (χ2n) is 19.5. The first kappa shape index (κ1) is 49.8. The number of fused-ring (bicyclic) bond motifs is 2. The molecule has 6 heterocycles. The quantitative estimate of drug-likeness (QED) is 0.102. The highest BCUT2D eigenvalue weighted by Gasteiger charge is 2.28. The van der Waals surface area contributed by atoms with Crippen LogP contribution in [0.3, 0.4) is 0 Å². The van der Waals surface area contributed by atoms with Gasteiger partial charge in [0, 0.05) is 69.2 Å². The molecular formula is C54H56N16O4. The molecule has 0 saturated heterocycles. The van der Waals surface area contributed by atoms with Crippen LogP contribution in [-0.4, -0.2) is 92.2 Å². The molecule has 0 bridgehead atoms. The van der Waals surface area contributed by atoms with Crippen molar-refractivity contribution < 1.29 is 19.4 Å². The lowest BCUT2D eigenvalue weighted by atomic mass is 10.0. The fraction of sp³-hybridized carbons (Fsp3) is 0.259. The lowest BCUT2D eigenvalue weighted by molar-refractivity contribution is -0.144. The van der Waals surface area contributed by atoms with E-state index < -0.39 is 5.97 Å². The fourth-order valence-corrected chi connectivity index (χ4v) is 8.95. The number of nitrogen functional groups attached to an aromatic ring is 2. The molecule has 5 N–H and O–H groups in total. The van der Waals surface area contributed by atoms with Crippen LogP contribution in [0.15, 0.2) is 110 Å². The molecule has 0 spiro atoms. The number of hydrogen-bond donors (Lipinski definition) is 3. The smallest absolute Gasteiger partial charge is 0.327 e. The van der Waals surface area contributed by atoms with E-state index in [2.05, 4.69) is 96.8 Å². The van der Waals surface area contributed by atoms with Crippen molar-refractivity contribution in [2.45, 2.75) is 86.5 Å². The van der Waals surface area contributed by atoms with Crippen LogP contribution >= 0.6 is 0 Å². The summed E-state index contributed by atoms with van der Waals surface area (Å²) in [4.78, 5) is 59.6. The number of benzene rings is 4. The number of esters is 1. The highest BCUT2D eigenvalue weighted by atomic mass is 16.5. The average molecular weight is 993 g/mol. The number of hydrogen-bond acceptors (Lipinski definition) is 15. The first-order chi connectivity index (χ1) is 35.3. The van der Waals surface area contributed by atoms with Crippen molar-refractivity contribution in [3.8, 4) is 67.8 Å². The Labute approximate surface area is 426 Å². The maximum Gasteiger partial charge on any atom is 0.327 e. The Bertz CT molecular complexity index is 3710. The summed E-state index contributed by atoms with van der Waals surface area (Å²) >= 11 is 0. The van der Waals surface area contributed by atoms with Crippen molar-refractivity contribution in [3.63, 3.8) is 0 Å². The summed E-state index contributed by atoms with van der Waals surface area (Å²) in [5.74, 6) is 2.78. The maximum atomic E-state index is 12.3. The number of ether oxygens (including phenoxy) is 1. The summed E-state index contributed by atoms with van der Waals surface area (Å²) in [6.07, 6.45) is 6.80. The van der Waals surface area contributed by atoms with Crippen LogP contribution in [0.1, 0.15) is 60.1 Å². The number of rotatable bonds is 11. The molecule has 376 valence electrons. The van der Waals surface area contributed by atoms with Crippen LogP contribution < -0.4 is 11.5 Å². The first-order valence-corrected chi connectivity index (χ1v) is 23.9. The van der Waals surface area contributed by atoms with E-state index in [-0.39, 0.29) is 42.0 Å². The monoisotopic (exact) mass is 992 g/mol. The van der Waals surface area contributed by atoms with Gasteiger partial charge in [-0.15, -0.1) is 0 Å². The Hall–Kier alpha value is -9.20. The maximum absolute atomic E-state index is 12.3. The molecule has 0 aliphatic rings. The molecule has 0 fully saturated rings. The summed E-state index contributed by atoms with van der Waals surface area (Å²) in [5, 5.41) is 18.2. The number of nitrogens with zero attached hydrogens (tertiary/aromatic N) is 14. The van der Waals surface area contributed by atoms with Crippen molar-refractivity contribution in [2.24, 2.45) is 0 Å². The SMILES string of the molecule is CCOC(=O)Cn1nc(C)nc1-c1ccccc1-c1nc2cc(-c3cnc(N)nc3)ccc2n1C(C)(C)C.Cc1nc(-c2ccccc2-c2nc3cc(-c4cnc(N)nc4)ccc3n2C(C)(C)C)n(CC(=O)O)n1. The largest absolute Gasteiger partial charge is 0.480 e. The van der Waals surface area contributed by atoms with Crippen LogP contribution in [0.25, 0.3) is 89.9 Å². The normalized spacial score (nSPS) is 11.7. The molecule has 0 atom stereocenters. The third-order valence-corrected chi connectivity index (χ3v) is 11.9. The van der Waals surface area contributed by atoms with Crippen LogP contribution in [0.4, 0.5) is 11.9 Å². The molecule has 0 amide bonds. The number of nitrogens with two attached hydrogens (primary N) is 2. The van der Waals surface area contributed by atoms with Gasteiger partial charge in [-0.25, -0.2) is 49.2 Å². The number of aromatic nitrogens is 14. The zero-order valence-electron chi connectivity index (χ0n) is 42.6. The molecule has 4 aromatic carbocycles. The van der Waals surface area contributed by atoms with E-state index in [0.29, 0.717) is 29.9 Å². The topological polar surface area (TPSA) is 264 Å². The van der Waals surface area contributed by atoms with Gasteiger partial charge in [-0.3, -0.25) is 9.59 Å². The van der Waals surface area contributed by atoms with Crippen molar-refractivity contribution in [1.29, 1.82) is 0 Å². The van der Waals surface area contributed by atoms with Gasteiger partial charge in [-0.2, -0.15) is 10.2 Å². The number of aryl methyl sites for hydroxylation is 2. The summed E-state index contributed by atoms with van der Waals surface area (Å²) in [5.41, 5.74) is 21.2. The molecule has 10 rings (SSSR count). The third kappa shape index (κ3) is 10.1. The van der Waals surface area contributed by atoms with Gasteiger partial charge in [0.1, 0.15) is 36.4 Å². The number of carboxylic acid groups (broad SMARTS) is 1. The predicted molar refractivity (Wildman–Crippen MR) is 283 cm³/mol. The Morgan fingerprint density at radius 3 is 1.28 bits per heavy atom. The summed E-state index contributed by atoms with van der Waals surface area (Å²) in [6.45, 7) is 18.1. The van der Waals surface area contributed by atoms with Crippen LogP contribution in [-0.2, 0) is 38.5 Å². The second kappa shape index (κ2) is 19.8. The highest BCUT2D eigenvalue weighted by molar-refractivity contribution is 5.90. The number of carbonyl (C=O) groups excluding carboxylic acids is 1. The molecule has 0 radical (unpaired) electrons. The van der Waals surface area contributed by atoms with E-state index in [0.717, 1.165) is 78.2 Å². The minimum atomic E-state index is -0.986. The second-order valence-corrected chi connectivity index (χ2v) is 19.5. The minimum absolute atomic E-state index is 0.0267. The molecule has 20 heteroatoms. The molecule has 0 saturated carbocycles. The van der Waals surface area contributed by atoms with Crippen LogP contribution in [0.5, 0.6) is 0 Å². The van der Waals surface area contributed by atoms with E-state index in [4.69, 9.17) is 26.2 Å². The van der Waals surface area contributed by atoms with Crippen molar-refractivity contribution >= 4 is 45.9 Å². The average Bonchev–Trinajstić information content (AvgIpc) is 4.13. The van der Waals surface area contributed by atoms with Gasteiger partial charge in [0.25, 0.3) is 0 Å². The van der Waals surface area contributed by atoms with E-state index in [1.165, 1.54) is 4.68 Å². The minimum Gasteiger partial charge on any atom is -0.480 e. The Kier molecular flexibility index (Phi) is 13.3. The molecule has 6 aromatic heterocycles. The molecule has 0 aliphatic heterocycles. The van der Waals surface area contributed by atoms with E-state index in [1.807, 2.05) is 78.9 Å². The van der Waals surface area contributed by atoms with E-state index >= 15 is 0 Å². The first-order valence-electron chi connectivity index (χ1n) is 23.9. The molecule has 0 aliphatic carbocycles. The van der Waals surface area contributed by atoms with E-state index in [1.54, 1.807) is 50.2 Å². The van der Waals surface area contributed by atoms with Crippen molar-refractivity contribution in [1.82, 2.24) is 68.6 Å². The molecule has 74 heavy (non-hydrogen) atoms. The van der Waals surface area contributed by atoms with Gasteiger partial charge >= 0.3 is 11.9 Å². The number of carboxylic acids is 1. The van der Waals surface area contributed by atoms with Crippen LogP contribution in [0, 0.1) is 13.8 Å². The fourth-order valence-electron chi connectivity index (χ4n) is 8.95. The summed E-state index contributed by atoms with van der Waals surface area (Å²) in [6, 6.07) is 27.9. The predicted octanol–water partition coefficient (Wildman–Crippen LogP) is 8.78. The van der Waals surface area contributed by atoms with Crippen molar-refractivity contribution in [2.75, 3.05) is 18.1 Å². The Balaban J connectivity index is 0.000000182. The van der Waals surface area contributed by atoms with Crippen LogP contribution in [0.2, 0.25) is 0 Å². The molecule has 10 aromatic rings. The standard InChI is InChI=1S/C28H30N8O2.C26H26N8O2/c1-6-38-24(37)16-35-25(32-17(2)34-35)20-9-7-8-10-21(20)26-33-22-13-18(19-14-30-27(29)31-15-19)11-12-23(22)36(26)28(3,4)5;1-15-30-23(33(32-15)14-22(35)36)18-7-5-6-8-19(18)24-31-20-11-16(17-12-28-25(27)29-13-17)9-10-21(20)34(24)26(2,3)4/h7-15H,6,16H2,1-5H3,(H2,29,30,31);5-13H,14H2,1-4H3,(H,35,36)(H2,27,28,29). The molecule has 20 nitrogen and oxygen atoms in total. The zero-order chi connectivity index (χ0) is 52.6. The number of imidazole rings is 2. The molecular weight excluding hydrogens is 937 g/mol. The molecule has 0 unspecified atom stereocenters. The number of anilines is 2. The third-order valence-electron chi connectivity index (χ3n) is 11.9. The Morgan fingerprint density at radius 1 is 0.541 bits per heavy atom. The Morgan fingerprint density at radius 2 is 0.919 bits per heavy atom. The van der Waals surface area contributed by atoms with Crippen molar-refractivity contribution in [3.05, 3.63) is 121 Å². The van der Waals surface area contributed by atoms with Gasteiger partial charge in [0.2, 0.25) is 11.9 Å².